The SMILES string of the molecule is O=C(Nc1cc(-c2cccc3[nH]ccc23)cc2[nH]ncc12)c1cccc(CN2CCOC(COc3ccccc3)C2)n1. The van der Waals surface area contributed by atoms with Crippen molar-refractivity contribution in [3.63, 3.8) is 0 Å². The van der Waals surface area contributed by atoms with E-state index in [0.29, 0.717) is 31.1 Å². The molecular formula is C33H30N6O3. The number of carbonyl (C=O) groups is 1. The highest BCUT2D eigenvalue weighted by molar-refractivity contribution is 6.09. The van der Waals surface area contributed by atoms with Gasteiger partial charge in [0.1, 0.15) is 24.2 Å². The smallest absolute Gasteiger partial charge is 0.274 e. The van der Waals surface area contributed by atoms with E-state index in [-0.39, 0.29) is 12.0 Å². The van der Waals surface area contributed by atoms with Crippen molar-refractivity contribution in [2.75, 3.05) is 31.6 Å². The van der Waals surface area contributed by atoms with Crippen LogP contribution in [0.5, 0.6) is 5.75 Å². The molecule has 1 atom stereocenters. The molecule has 1 unspecified atom stereocenters. The standard InChI is InChI=1S/C33H30N6O3/c40-33(37-31-16-22(17-32-28(31)18-35-38-32)26-9-5-10-29-27(26)12-13-34-29)30-11-4-6-23(36-30)19-39-14-15-41-25(20-39)21-42-24-7-2-1-3-8-24/h1-13,16-18,25,34H,14-15,19-21H2,(H,35,38)(H,37,40). The van der Waals surface area contributed by atoms with Crippen LogP contribution >= 0.6 is 0 Å². The Hall–Kier alpha value is -4.99. The Morgan fingerprint density at radius 3 is 2.83 bits per heavy atom. The minimum Gasteiger partial charge on any atom is -0.491 e. The summed E-state index contributed by atoms with van der Waals surface area (Å²) in [7, 11) is 0. The first kappa shape index (κ1) is 25.9. The van der Waals surface area contributed by atoms with Crippen LogP contribution in [0.15, 0.2) is 97.3 Å². The molecule has 42 heavy (non-hydrogen) atoms. The lowest BCUT2D eigenvalue weighted by molar-refractivity contribution is -0.0507. The number of aromatic nitrogens is 4. The predicted octanol–water partition coefficient (Wildman–Crippen LogP) is 5.64. The molecule has 0 radical (unpaired) electrons. The van der Waals surface area contributed by atoms with Gasteiger partial charge in [0.2, 0.25) is 0 Å². The number of carbonyl (C=O) groups excluding carboxylic acids is 1. The van der Waals surface area contributed by atoms with Crippen LogP contribution in [-0.2, 0) is 11.3 Å². The summed E-state index contributed by atoms with van der Waals surface area (Å²) in [5.74, 6) is 0.561. The van der Waals surface area contributed by atoms with Crippen LogP contribution in [0.2, 0.25) is 0 Å². The maximum atomic E-state index is 13.5. The number of para-hydroxylation sites is 1. The zero-order chi connectivity index (χ0) is 28.3. The van der Waals surface area contributed by atoms with E-state index < -0.39 is 0 Å². The number of aromatic amines is 2. The van der Waals surface area contributed by atoms with Gasteiger partial charge in [-0.3, -0.25) is 14.8 Å². The number of rotatable bonds is 8. The summed E-state index contributed by atoms with van der Waals surface area (Å²) in [6.45, 7) is 3.24. The van der Waals surface area contributed by atoms with E-state index in [0.717, 1.165) is 57.5 Å². The fraction of sp³-hybridized carbons (Fsp3) is 0.182. The third kappa shape index (κ3) is 5.47. The van der Waals surface area contributed by atoms with Crippen LogP contribution < -0.4 is 10.1 Å². The average molecular weight is 559 g/mol. The molecule has 0 spiro atoms. The number of morpholine rings is 1. The summed E-state index contributed by atoms with van der Waals surface area (Å²) in [6.07, 6.45) is 3.62. The fourth-order valence-corrected chi connectivity index (χ4v) is 5.49. The zero-order valence-corrected chi connectivity index (χ0v) is 22.9. The average Bonchev–Trinajstić information content (AvgIpc) is 3.71. The molecule has 3 aromatic heterocycles. The Labute approximate surface area is 242 Å². The lowest BCUT2D eigenvalue weighted by Crippen LogP contribution is -2.44. The van der Waals surface area contributed by atoms with Gasteiger partial charge in [0.15, 0.2) is 0 Å². The van der Waals surface area contributed by atoms with Gasteiger partial charge >= 0.3 is 0 Å². The van der Waals surface area contributed by atoms with Crippen molar-refractivity contribution in [3.05, 3.63) is 109 Å². The molecule has 9 nitrogen and oxygen atoms in total. The molecular weight excluding hydrogens is 528 g/mol. The van der Waals surface area contributed by atoms with E-state index in [9.17, 15) is 4.79 Å². The molecule has 1 amide bonds. The fourth-order valence-electron chi connectivity index (χ4n) is 5.49. The quantitative estimate of drug-likeness (QED) is 0.223. The van der Waals surface area contributed by atoms with Gasteiger partial charge in [0, 0.05) is 42.1 Å². The molecule has 3 N–H and O–H groups in total. The van der Waals surface area contributed by atoms with Crippen molar-refractivity contribution < 1.29 is 14.3 Å². The summed E-state index contributed by atoms with van der Waals surface area (Å²) in [5.41, 5.74) is 5.81. The Kier molecular flexibility index (Phi) is 7.09. The van der Waals surface area contributed by atoms with Crippen LogP contribution in [-0.4, -0.2) is 63.4 Å². The highest BCUT2D eigenvalue weighted by Gasteiger charge is 2.22. The van der Waals surface area contributed by atoms with Gasteiger partial charge in [-0.1, -0.05) is 36.4 Å². The number of H-pyrrole nitrogens is 2. The number of hydrogen-bond acceptors (Lipinski definition) is 6. The van der Waals surface area contributed by atoms with Crippen molar-refractivity contribution >= 4 is 33.4 Å². The molecule has 0 bridgehead atoms. The molecule has 0 aliphatic carbocycles. The lowest BCUT2D eigenvalue weighted by Gasteiger charge is -2.32. The molecule has 0 saturated carbocycles. The normalized spacial score (nSPS) is 15.7. The molecule has 1 fully saturated rings. The van der Waals surface area contributed by atoms with Gasteiger partial charge in [-0.2, -0.15) is 5.10 Å². The minimum atomic E-state index is -0.271. The monoisotopic (exact) mass is 558 g/mol. The summed E-state index contributed by atoms with van der Waals surface area (Å²) in [6, 6.07) is 27.6. The molecule has 210 valence electrons. The van der Waals surface area contributed by atoms with Gasteiger partial charge < -0.3 is 19.8 Å². The van der Waals surface area contributed by atoms with Crippen LogP contribution in [0.4, 0.5) is 5.69 Å². The minimum absolute atomic E-state index is 0.0350. The molecule has 1 aliphatic heterocycles. The number of fused-ring (bicyclic) bond motifs is 2. The Morgan fingerprint density at radius 2 is 1.90 bits per heavy atom. The molecule has 4 heterocycles. The maximum Gasteiger partial charge on any atom is 0.274 e. The number of benzene rings is 3. The number of nitrogens with one attached hydrogen (secondary N) is 3. The van der Waals surface area contributed by atoms with Crippen LogP contribution in [0.1, 0.15) is 16.2 Å². The summed E-state index contributed by atoms with van der Waals surface area (Å²) in [5, 5.41) is 12.3. The van der Waals surface area contributed by atoms with Crippen molar-refractivity contribution in [1.82, 2.24) is 25.1 Å². The first-order chi connectivity index (χ1) is 20.7. The van der Waals surface area contributed by atoms with E-state index in [1.54, 1.807) is 12.3 Å². The third-order valence-corrected chi connectivity index (χ3v) is 7.54. The Bertz CT molecular complexity index is 1850. The second kappa shape index (κ2) is 11.5. The van der Waals surface area contributed by atoms with Crippen molar-refractivity contribution in [2.24, 2.45) is 0 Å². The van der Waals surface area contributed by atoms with Crippen molar-refractivity contribution in [1.29, 1.82) is 0 Å². The van der Waals surface area contributed by atoms with Gasteiger partial charge in [0.25, 0.3) is 5.91 Å². The second-order valence-electron chi connectivity index (χ2n) is 10.4. The first-order valence-corrected chi connectivity index (χ1v) is 14.0. The van der Waals surface area contributed by atoms with Gasteiger partial charge in [-0.25, -0.2) is 4.98 Å². The maximum absolute atomic E-state index is 13.5. The number of anilines is 1. The van der Waals surface area contributed by atoms with Crippen LogP contribution in [0.3, 0.4) is 0 Å². The number of hydrogen-bond donors (Lipinski definition) is 3. The van der Waals surface area contributed by atoms with E-state index in [4.69, 9.17) is 14.5 Å². The van der Waals surface area contributed by atoms with Crippen LogP contribution in [0, 0.1) is 0 Å². The second-order valence-corrected chi connectivity index (χ2v) is 10.4. The van der Waals surface area contributed by atoms with E-state index in [2.05, 4.69) is 43.6 Å². The molecule has 3 aromatic carbocycles. The zero-order valence-electron chi connectivity index (χ0n) is 22.9. The summed E-state index contributed by atoms with van der Waals surface area (Å²) < 4.78 is 11.8. The van der Waals surface area contributed by atoms with Crippen LogP contribution in [0.25, 0.3) is 32.9 Å². The molecule has 1 aliphatic rings. The number of ether oxygens (including phenoxy) is 2. The number of nitrogens with zero attached hydrogens (tertiary/aromatic N) is 3. The first-order valence-electron chi connectivity index (χ1n) is 14.0. The largest absolute Gasteiger partial charge is 0.491 e. The molecule has 9 heteroatoms. The topological polar surface area (TPSA) is 108 Å². The summed E-state index contributed by atoms with van der Waals surface area (Å²) >= 11 is 0. The molecule has 7 rings (SSSR count). The highest BCUT2D eigenvalue weighted by Crippen LogP contribution is 2.34. The third-order valence-electron chi connectivity index (χ3n) is 7.54. The summed E-state index contributed by atoms with van der Waals surface area (Å²) in [4.78, 5) is 23.7. The van der Waals surface area contributed by atoms with Crippen molar-refractivity contribution in [3.8, 4) is 16.9 Å². The van der Waals surface area contributed by atoms with Gasteiger partial charge in [0.05, 0.1) is 29.7 Å². The van der Waals surface area contributed by atoms with E-state index >= 15 is 0 Å². The number of amides is 1. The Balaban J connectivity index is 1.06. The van der Waals surface area contributed by atoms with Crippen molar-refractivity contribution in [2.45, 2.75) is 12.6 Å². The number of pyridine rings is 1. The molecule has 6 aromatic rings. The van der Waals surface area contributed by atoms with E-state index in [1.165, 1.54) is 0 Å². The highest BCUT2D eigenvalue weighted by atomic mass is 16.5. The van der Waals surface area contributed by atoms with Gasteiger partial charge in [-0.05, 0) is 59.7 Å². The lowest BCUT2D eigenvalue weighted by atomic mass is 9.99. The van der Waals surface area contributed by atoms with Gasteiger partial charge in [-0.15, -0.1) is 0 Å². The Morgan fingerprint density at radius 1 is 1.00 bits per heavy atom. The van der Waals surface area contributed by atoms with E-state index in [1.807, 2.05) is 66.9 Å². The predicted molar refractivity (Wildman–Crippen MR) is 163 cm³/mol. The molecule has 1 saturated heterocycles.